The summed E-state index contributed by atoms with van der Waals surface area (Å²) in [5, 5.41) is 5.69. The second kappa shape index (κ2) is 7.05. The normalized spacial score (nSPS) is 10.5. The number of benzene rings is 3. The minimum atomic E-state index is 0.666. The van der Waals surface area contributed by atoms with Gasteiger partial charge in [0.2, 0.25) is 0 Å². The maximum Gasteiger partial charge on any atom is 0.128 e. The van der Waals surface area contributed by atoms with E-state index in [1.165, 1.54) is 5.39 Å². The number of ether oxygens (including phenoxy) is 2. The molecule has 0 aliphatic carbocycles. The highest BCUT2D eigenvalue weighted by Gasteiger charge is 2.01. The van der Waals surface area contributed by atoms with Crippen LogP contribution in [0.4, 0.5) is 5.69 Å². The second-order valence-electron chi connectivity index (χ2n) is 5.26. The average molecular weight is 307 g/mol. The molecule has 1 N–H and O–H groups in total. The molecule has 0 heterocycles. The van der Waals surface area contributed by atoms with Gasteiger partial charge in [0.05, 0.1) is 6.61 Å². The summed E-state index contributed by atoms with van der Waals surface area (Å²) in [7, 11) is 0. The van der Waals surface area contributed by atoms with E-state index in [4.69, 9.17) is 9.47 Å². The molecule has 0 fully saturated rings. The lowest BCUT2D eigenvalue weighted by atomic mass is 10.1. The standard InChI is InChI=1S/C20H21NO2/c1-3-21-17-7-5-16-14-20(8-6-15(16)13-17)23-19-11-9-18(10-12-19)22-4-2/h5-14,21H,3-4H2,1-2H3. The van der Waals surface area contributed by atoms with E-state index in [1.54, 1.807) is 0 Å². The molecule has 0 bridgehead atoms. The van der Waals surface area contributed by atoms with Crippen molar-refractivity contribution in [2.75, 3.05) is 18.5 Å². The Hall–Kier alpha value is -2.68. The predicted molar refractivity (Wildman–Crippen MR) is 95.8 cm³/mol. The highest BCUT2D eigenvalue weighted by molar-refractivity contribution is 5.87. The fourth-order valence-electron chi connectivity index (χ4n) is 2.51. The molecule has 0 saturated carbocycles. The van der Waals surface area contributed by atoms with E-state index in [9.17, 15) is 0 Å². The van der Waals surface area contributed by atoms with E-state index < -0.39 is 0 Å². The molecule has 0 amide bonds. The van der Waals surface area contributed by atoms with Crippen molar-refractivity contribution in [3.63, 3.8) is 0 Å². The van der Waals surface area contributed by atoms with Crippen LogP contribution in [0.15, 0.2) is 60.7 Å². The molecule has 0 aromatic heterocycles. The molecule has 0 saturated heterocycles. The summed E-state index contributed by atoms with van der Waals surface area (Å²) in [6.45, 7) is 5.66. The molecule has 3 nitrogen and oxygen atoms in total. The van der Waals surface area contributed by atoms with Crippen molar-refractivity contribution in [1.82, 2.24) is 0 Å². The first kappa shape index (κ1) is 15.2. The van der Waals surface area contributed by atoms with E-state index in [2.05, 4.69) is 42.6 Å². The molecule has 0 aliphatic rings. The Balaban J connectivity index is 1.78. The molecular weight excluding hydrogens is 286 g/mol. The summed E-state index contributed by atoms with van der Waals surface area (Å²) in [5.74, 6) is 2.49. The molecule has 3 aromatic rings. The third-order valence-corrected chi connectivity index (χ3v) is 3.56. The quantitative estimate of drug-likeness (QED) is 0.655. The van der Waals surface area contributed by atoms with E-state index in [0.29, 0.717) is 6.61 Å². The fourth-order valence-corrected chi connectivity index (χ4v) is 2.51. The number of anilines is 1. The maximum absolute atomic E-state index is 5.93. The number of nitrogens with one attached hydrogen (secondary N) is 1. The fraction of sp³-hybridized carbons (Fsp3) is 0.200. The van der Waals surface area contributed by atoms with Crippen LogP contribution in [0.3, 0.4) is 0 Å². The molecular formula is C20H21NO2. The number of rotatable bonds is 6. The lowest BCUT2D eigenvalue weighted by Crippen LogP contribution is -1.95. The van der Waals surface area contributed by atoms with Crippen LogP contribution in [-0.2, 0) is 0 Å². The van der Waals surface area contributed by atoms with Gasteiger partial charge in [-0.1, -0.05) is 12.1 Å². The average Bonchev–Trinajstić information content (AvgIpc) is 2.57. The van der Waals surface area contributed by atoms with Gasteiger partial charge in [-0.2, -0.15) is 0 Å². The van der Waals surface area contributed by atoms with Gasteiger partial charge >= 0.3 is 0 Å². The first-order valence-electron chi connectivity index (χ1n) is 7.97. The van der Waals surface area contributed by atoms with E-state index in [0.717, 1.165) is 34.9 Å². The van der Waals surface area contributed by atoms with E-state index in [1.807, 2.05) is 37.3 Å². The van der Waals surface area contributed by atoms with Crippen molar-refractivity contribution in [3.05, 3.63) is 60.7 Å². The smallest absolute Gasteiger partial charge is 0.128 e. The summed E-state index contributed by atoms with van der Waals surface area (Å²) in [6.07, 6.45) is 0. The van der Waals surface area contributed by atoms with Crippen molar-refractivity contribution in [1.29, 1.82) is 0 Å². The Kier molecular flexibility index (Phi) is 4.67. The van der Waals surface area contributed by atoms with Crippen molar-refractivity contribution < 1.29 is 9.47 Å². The predicted octanol–water partition coefficient (Wildman–Crippen LogP) is 5.46. The maximum atomic E-state index is 5.93. The van der Waals surface area contributed by atoms with Crippen LogP contribution in [0.25, 0.3) is 10.8 Å². The lowest BCUT2D eigenvalue weighted by molar-refractivity contribution is 0.339. The molecule has 0 radical (unpaired) electrons. The van der Waals surface area contributed by atoms with Crippen molar-refractivity contribution in [3.8, 4) is 17.2 Å². The molecule has 23 heavy (non-hydrogen) atoms. The molecule has 0 atom stereocenters. The summed E-state index contributed by atoms with van der Waals surface area (Å²) in [6, 6.07) is 20.2. The Morgan fingerprint density at radius 2 is 1.39 bits per heavy atom. The molecule has 3 aromatic carbocycles. The molecule has 0 spiro atoms. The number of hydrogen-bond acceptors (Lipinski definition) is 3. The van der Waals surface area contributed by atoms with Gasteiger partial charge < -0.3 is 14.8 Å². The lowest BCUT2D eigenvalue weighted by Gasteiger charge is -2.09. The zero-order chi connectivity index (χ0) is 16.1. The van der Waals surface area contributed by atoms with Crippen molar-refractivity contribution in [2.45, 2.75) is 13.8 Å². The first-order chi connectivity index (χ1) is 11.3. The Labute approximate surface area is 136 Å². The van der Waals surface area contributed by atoms with Gasteiger partial charge in [0.1, 0.15) is 17.2 Å². The Morgan fingerprint density at radius 1 is 0.739 bits per heavy atom. The van der Waals surface area contributed by atoms with Gasteiger partial charge in [-0.3, -0.25) is 0 Å². The van der Waals surface area contributed by atoms with E-state index in [-0.39, 0.29) is 0 Å². The third-order valence-electron chi connectivity index (χ3n) is 3.56. The van der Waals surface area contributed by atoms with Crippen molar-refractivity contribution in [2.24, 2.45) is 0 Å². The Morgan fingerprint density at radius 3 is 2.13 bits per heavy atom. The van der Waals surface area contributed by atoms with Crippen LogP contribution in [0.5, 0.6) is 17.2 Å². The second-order valence-corrected chi connectivity index (χ2v) is 5.26. The largest absolute Gasteiger partial charge is 0.494 e. The van der Waals surface area contributed by atoms with Gasteiger partial charge in [-0.25, -0.2) is 0 Å². The van der Waals surface area contributed by atoms with Crippen LogP contribution >= 0.6 is 0 Å². The first-order valence-corrected chi connectivity index (χ1v) is 7.97. The highest BCUT2D eigenvalue weighted by Crippen LogP contribution is 2.28. The van der Waals surface area contributed by atoms with Crippen LogP contribution in [-0.4, -0.2) is 13.2 Å². The van der Waals surface area contributed by atoms with Crippen LogP contribution in [0, 0.1) is 0 Å². The summed E-state index contributed by atoms with van der Waals surface area (Å²) in [5.41, 5.74) is 1.14. The summed E-state index contributed by atoms with van der Waals surface area (Å²) in [4.78, 5) is 0. The molecule has 3 rings (SSSR count). The summed E-state index contributed by atoms with van der Waals surface area (Å²) < 4.78 is 11.4. The van der Waals surface area contributed by atoms with Gasteiger partial charge in [-0.05, 0) is 73.2 Å². The summed E-state index contributed by atoms with van der Waals surface area (Å²) >= 11 is 0. The SMILES string of the molecule is CCNc1ccc2cc(Oc3ccc(OCC)cc3)ccc2c1. The molecule has 118 valence electrons. The van der Waals surface area contributed by atoms with Crippen LogP contribution in [0.1, 0.15) is 13.8 Å². The van der Waals surface area contributed by atoms with Crippen LogP contribution < -0.4 is 14.8 Å². The van der Waals surface area contributed by atoms with Crippen LogP contribution in [0.2, 0.25) is 0 Å². The van der Waals surface area contributed by atoms with Gasteiger partial charge in [-0.15, -0.1) is 0 Å². The minimum absolute atomic E-state index is 0.666. The minimum Gasteiger partial charge on any atom is -0.494 e. The highest BCUT2D eigenvalue weighted by atomic mass is 16.5. The zero-order valence-corrected chi connectivity index (χ0v) is 13.5. The molecule has 0 aliphatic heterocycles. The molecule has 0 unspecified atom stereocenters. The van der Waals surface area contributed by atoms with Gasteiger partial charge in [0.15, 0.2) is 0 Å². The number of fused-ring (bicyclic) bond motifs is 1. The van der Waals surface area contributed by atoms with Crippen molar-refractivity contribution >= 4 is 16.5 Å². The Bertz CT molecular complexity index is 781. The zero-order valence-electron chi connectivity index (χ0n) is 13.5. The van der Waals surface area contributed by atoms with Gasteiger partial charge in [0.25, 0.3) is 0 Å². The monoisotopic (exact) mass is 307 g/mol. The topological polar surface area (TPSA) is 30.5 Å². The van der Waals surface area contributed by atoms with Gasteiger partial charge in [0, 0.05) is 12.2 Å². The third kappa shape index (κ3) is 3.75. The van der Waals surface area contributed by atoms with E-state index >= 15 is 0 Å². The number of hydrogen-bond donors (Lipinski definition) is 1. The molecule has 3 heteroatoms.